The molecule has 0 saturated heterocycles. The highest BCUT2D eigenvalue weighted by molar-refractivity contribution is 5.59. The lowest BCUT2D eigenvalue weighted by Gasteiger charge is -2.05. The minimum atomic E-state index is 0.652. The van der Waals surface area contributed by atoms with Crippen LogP contribution < -0.4 is 10.5 Å². The van der Waals surface area contributed by atoms with Gasteiger partial charge in [0, 0.05) is 12.0 Å². The number of benzene rings is 1. The van der Waals surface area contributed by atoms with Gasteiger partial charge in [0.2, 0.25) is 0 Å². The Bertz CT molecular complexity index is 520. The van der Waals surface area contributed by atoms with Crippen molar-refractivity contribution in [1.82, 2.24) is 4.98 Å². The van der Waals surface area contributed by atoms with Gasteiger partial charge in [0.15, 0.2) is 11.7 Å². The topological polar surface area (TPSA) is 61.3 Å². The van der Waals surface area contributed by atoms with Gasteiger partial charge in [-0.05, 0) is 43.7 Å². The van der Waals surface area contributed by atoms with Crippen molar-refractivity contribution in [3.63, 3.8) is 0 Å². The Balaban J connectivity index is 2.20. The lowest BCUT2D eigenvalue weighted by molar-refractivity contribution is 0.411. The summed E-state index contributed by atoms with van der Waals surface area (Å²) in [5.41, 5.74) is 7.56. The van der Waals surface area contributed by atoms with Crippen molar-refractivity contribution in [2.24, 2.45) is 5.73 Å². The van der Waals surface area contributed by atoms with Crippen LogP contribution in [0.2, 0.25) is 0 Å². The van der Waals surface area contributed by atoms with Crippen molar-refractivity contribution in [2.75, 3.05) is 13.7 Å². The summed E-state index contributed by atoms with van der Waals surface area (Å²) in [5, 5.41) is 0. The molecule has 0 bridgehead atoms. The van der Waals surface area contributed by atoms with Gasteiger partial charge in [-0.25, -0.2) is 4.98 Å². The molecule has 0 fully saturated rings. The van der Waals surface area contributed by atoms with E-state index in [1.54, 1.807) is 13.3 Å². The first kappa shape index (κ1) is 12.6. The van der Waals surface area contributed by atoms with E-state index in [1.165, 1.54) is 0 Å². The fourth-order valence-electron chi connectivity index (χ4n) is 1.84. The van der Waals surface area contributed by atoms with Crippen molar-refractivity contribution in [1.29, 1.82) is 0 Å². The first-order valence-corrected chi connectivity index (χ1v) is 6.04. The van der Waals surface area contributed by atoms with Gasteiger partial charge in [-0.3, -0.25) is 0 Å². The summed E-state index contributed by atoms with van der Waals surface area (Å²) in [6, 6.07) is 5.94. The molecule has 4 nitrogen and oxygen atoms in total. The van der Waals surface area contributed by atoms with Gasteiger partial charge >= 0.3 is 0 Å². The maximum Gasteiger partial charge on any atom is 0.194 e. The van der Waals surface area contributed by atoms with Crippen molar-refractivity contribution >= 4 is 0 Å². The molecule has 1 aromatic heterocycles. The lowest BCUT2D eigenvalue weighted by atomic mass is 10.1. The molecule has 18 heavy (non-hydrogen) atoms. The molecule has 0 unspecified atom stereocenters. The molecule has 2 N–H and O–H groups in total. The fourth-order valence-corrected chi connectivity index (χ4v) is 1.84. The van der Waals surface area contributed by atoms with Gasteiger partial charge in [0.05, 0.1) is 13.3 Å². The van der Waals surface area contributed by atoms with Crippen molar-refractivity contribution in [2.45, 2.75) is 19.8 Å². The van der Waals surface area contributed by atoms with Crippen LogP contribution in [-0.4, -0.2) is 18.6 Å². The zero-order chi connectivity index (χ0) is 13.0. The molecular weight excluding hydrogens is 228 g/mol. The fraction of sp³-hybridized carbons (Fsp3) is 0.357. The van der Waals surface area contributed by atoms with Crippen LogP contribution in [-0.2, 0) is 6.42 Å². The maximum atomic E-state index is 5.69. The van der Waals surface area contributed by atoms with E-state index in [9.17, 15) is 0 Å². The maximum absolute atomic E-state index is 5.69. The summed E-state index contributed by atoms with van der Waals surface area (Å²) in [6.45, 7) is 2.66. The number of ether oxygens (including phenoxy) is 1. The Morgan fingerprint density at radius 3 is 2.89 bits per heavy atom. The Kier molecular flexibility index (Phi) is 3.99. The number of nitrogens with zero attached hydrogens (tertiary/aromatic N) is 1. The second kappa shape index (κ2) is 5.69. The monoisotopic (exact) mass is 246 g/mol. The van der Waals surface area contributed by atoms with Gasteiger partial charge in [-0.2, -0.15) is 0 Å². The molecule has 0 aliphatic heterocycles. The van der Waals surface area contributed by atoms with Gasteiger partial charge in [-0.1, -0.05) is 0 Å². The third-order valence-corrected chi connectivity index (χ3v) is 2.83. The third kappa shape index (κ3) is 2.71. The smallest absolute Gasteiger partial charge is 0.194 e. The normalized spacial score (nSPS) is 10.6. The summed E-state index contributed by atoms with van der Waals surface area (Å²) in [5.74, 6) is 2.40. The molecule has 96 valence electrons. The van der Waals surface area contributed by atoms with Crippen molar-refractivity contribution < 1.29 is 9.15 Å². The van der Waals surface area contributed by atoms with Crippen molar-refractivity contribution in [3.05, 3.63) is 35.9 Å². The summed E-state index contributed by atoms with van der Waals surface area (Å²) in [7, 11) is 1.67. The molecule has 0 aliphatic carbocycles. The summed E-state index contributed by atoms with van der Waals surface area (Å²) in [4.78, 5) is 4.25. The number of aryl methyl sites for hydroxylation is 2. The minimum absolute atomic E-state index is 0.652. The van der Waals surface area contributed by atoms with Gasteiger partial charge in [0.1, 0.15) is 5.75 Å². The first-order chi connectivity index (χ1) is 8.74. The number of oxazole rings is 1. The highest BCUT2D eigenvalue weighted by atomic mass is 16.5. The predicted octanol–water partition coefficient (Wildman–Crippen LogP) is 2.55. The van der Waals surface area contributed by atoms with Crippen LogP contribution in [0.5, 0.6) is 5.75 Å². The van der Waals surface area contributed by atoms with E-state index in [4.69, 9.17) is 14.9 Å². The van der Waals surface area contributed by atoms with Crippen LogP contribution in [0, 0.1) is 6.92 Å². The molecule has 0 aliphatic rings. The van der Waals surface area contributed by atoms with Gasteiger partial charge in [-0.15, -0.1) is 0 Å². The molecule has 1 heterocycles. The molecular formula is C14H18N2O2. The number of aromatic nitrogens is 1. The second-order valence-electron chi connectivity index (χ2n) is 4.19. The number of methoxy groups -OCH3 is 1. The van der Waals surface area contributed by atoms with E-state index in [1.807, 2.05) is 25.1 Å². The van der Waals surface area contributed by atoms with E-state index < -0.39 is 0 Å². The Morgan fingerprint density at radius 1 is 1.39 bits per heavy atom. The molecule has 2 aromatic rings. The highest BCUT2D eigenvalue weighted by Gasteiger charge is 2.08. The van der Waals surface area contributed by atoms with E-state index in [2.05, 4.69) is 4.98 Å². The van der Waals surface area contributed by atoms with Crippen LogP contribution in [0.15, 0.2) is 28.8 Å². The number of rotatable bonds is 5. The van der Waals surface area contributed by atoms with Crippen LogP contribution in [0.1, 0.15) is 17.9 Å². The Morgan fingerprint density at radius 2 is 2.22 bits per heavy atom. The Labute approximate surface area is 107 Å². The van der Waals surface area contributed by atoms with E-state index in [0.717, 1.165) is 41.4 Å². The van der Waals surface area contributed by atoms with Crippen LogP contribution in [0.4, 0.5) is 0 Å². The quantitative estimate of drug-likeness (QED) is 0.880. The first-order valence-electron chi connectivity index (χ1n) is 6.04. The van der Waals surface area contributed by atoms with Gasteiger partial charge < -0.3 is 14.9 Å². The van der Waals surface area contributed by atoms with E-state index in [-0.39, 0.29) is 0 Å². The average molecular weight is 246 g/mol. The van der Waals surface area contributed by atoms with Crippen LogP contribution in [0.25, 0.3) is 11.3 Å². The minimum Gasteiger partial charge on any atom is -0.496 e. The average Bonchev–Trinajstić information content (AvgIpc) is 2.85. The van der Waals surface area contributed by atoms with E-state index in [0.29, 0.717) is 6.54 Å². The predicted molar refractivity (Wildman–Crippen MR) is 70.6 cm³/mol. The summed E-state index contributed by atoms with van der Waals surface area (Å²) < 4.78 is 10.9. The standard InChI is InChI=1S/C14H18N2O2/c1-10-8-11(5-6-12(10)17-2)13-9-16-14(18-13)4-3-7-15/h5-6,8-9H,3-4,7,15H2,1-2H3. The second-order valence-corrected chi connectivity index (χ2v) is 4.19. The number of hydrogen-bond donors (Lipinski definition) is 1. The summed E-state index contributed by atoms with van der Waals surface area (Å²) >= 11 is 0. The summed E-state index contributed by atoms with van der Waals surface area (Å²) in [6.07, 6.45) is 3.43. The highest BCUT2D eigenvalue weighted by Crippen LogP contribution is 2.26. The molecule has 4 heteroatoms. The van der Waals surface area contributed by atoms with Gasteiger partial charge in [0.25, 0.3) is 0 Å². The molecule has 0 spiro atoms. The van der Waals surface area contributed by atoms with E-state index >= 15 is 0 Å². The number of hydrogen-bond acceptors (Lipinski definition) is 4. The molecule has 0 saturated carbocycles. The van der Waals surface area contributed by atoms with Crippen LogP contribution >= 0.6 is 0 Å². The molecule has 2 rings (SSSR count). The lowest BCUT2D eigenvalue weighted by Crippen LogP contribution is -2.00. The molecule has 0 amide bonds. The Hall–Kier alpha value is -1.81. The van der Waals surface area contributed by atoms with Crippen LogP contribution in [0.3, 0.4) is 0 Å². The number of nitrogens with two attached hydrogens (primary N) is 1. The SMILES string of the molecule is COc1ccc(-c2cnc(CCCN)o2)cc1C. The zero-order valence-electron chi connectivity index (χ0n) is 10.8. The molecule has 1 aromatic carbocycles. The third-order valence-electron chi connectivity index (χ3n) is 2.83. The van der Waals surface area contributed by atoms with Crippen molar-refractivity contribution in [3.8, 4) is 17.1 Å². The molecule has 0 radical (unpaired) electrons. The molecule has 0 atom stereocenters. The largest absolute Gasteiger partial charge is 0.496 e. The zero-order valence-corrected chi connectivity index (χ0v) is 10.8.